The first-order chi connectivity index (χ1) is 15.6. The van der Waals surface area contributed by atoms with E-state index >= 15 is 0 Å². The molecule has 2 aromatic carbocycles. The Morgan fingerprint density at radius 3 is 2.58 bits per heavy atom. The van der Waals surface area contributed by atoms with Crippen LogP contribution in [0.1, 0.15) is 27.8 Å². The molecule has 1 atom stereocenters. The van der Waals surface area contributed by atoms with E-state index in [4.69, 9.17) is 21.1 Å². The van der Waals surface area contributed by atoms with E-state index in [-0.39, 0.29) is 11.9 Å². The predicted octanol–water partition coefficient (Wildman–Crippen LogP) is 4.89. The SMILES string of the molecule is C=C1NN=C([C@H](Cc2c(F)ccc(C)c2C)N(C)CN(C)c2cc(Cl)cc(COC)c2C)O1. The number of ether oxygens (including phenoxy) is 2. The van der Waals surface area contributed by atoms with Crippen molar-refractivity contribution < 1.29 is 13.9 Å². The molecule has 6 nitrogen and oxygen atoms in total. The van der Waals surface area contributed by atoms with Crippen molar-refractivity contribution in [2.75, 3.05) is 32.8 Å². The van der Waals surface area contributed by atoms with Crippen LogP contribution in [0.15, 0.2) is 41.8 Å². The van der Waals surface area contributed by atoms with Crippen LogP contribution in [0.5, 0.6) is 0 Å². The lowest BCUT2D eigenvalue weighted by Crippen LogP contribution is -2.46. The van der Waals surface area contributed by atoms with Gasteiger partial charge in [-0.2, -0.15) is 0 Å². The van der Waals surface area contributed by atoms with Gasteiger partial charge in [0.1, 0.15) is 5.82 Å². The van der Waals surface area contributed by atoms with Gasteiger partial charge in [-0.1, -0.05) is 17.7 Å². The monoisotopic (exact) mass is 474 g/mol. The Kier molecular flexibility index (Phi) is 8.00. The van der Waals surface area contributed by atoms with Crippen LogP contribution < -0.4 is 10.3 Å². The number of hydrogen-bond acceptors (Lipinski definition) is 6. The van der Waals surface area contributed by atoms with Crippen molar-refractivity contribution >= 4 is 23.2 Å². The summed E-state index contributed by atoms with van der Waals surface area (Å²) in [6.07, 6.45) is 0.404. The third kappa shape index (κ3) is 5.66. The highest BCUT2D eigenvalue weighted by Gasteiger charge is 2.30. The summed E-state index contributed by atoms with van der Waals surface area (Å²) in [6.45, 7) is 10.8. The van der Waals surface area contributed by atoms with Gasteiger partial charge in [0, 0.05) is 31.3 Å². The fourth-order valence-corrected chi connectivity index (χ4v) is 4.31. The number of hydrogen-bond donors (Lipinski definition) is 1. The van der Waals surface area contributed by atoms with Gasteiger partial charge in [0.15, 0.2) is 0 Å². The van der Waals surface area contributed by atoms with E-state index in [0.717, 1.165) is 27.9 Å². The number of anilines is 1. The van der Waals surface area contributed by atoms with Crippen LogP contribution >= 0.6 is 11.6 Å². The Hall–Kier alpha value is -2.61. The van der Waals surface area contributed by atoms with Crippen LogP contribution in [0.3, 0.4) is 0 Å². The van der Waals surface area contributed by atoms with Gasteiger partial charge < -0.3 is 14.4 Å². The minimum Gasteiger partial charge on any atom is -0.423 e. The van der Waals surface area contributed by atoms with Crippen LogP contribution in [-0.4, -0.2) is 44.7 Å². The van der Waals surface area contributed by atoms with Gasteiger partial charge in [0.2, 0.25) is 11.8 Å². The second kappa shape index (κ2) is 10.5. The van der Waals surface area contributed by atoms with Crippen LogP contribution in [-0.2, 0) is 22.5 Å². The van der Waals surface area contributed by atoms with E-state index in [2.05, 4.69) is 33.8 Å². The number of rotatable bonds is 9. The van der Waals surface area contributed by atoms with Gasteiger partial charge in [0.25, 0.3) is 0 Å². The van der Waals surface area contributed by atoms with Crippen molar-refractivity contribution in [1.29, 1.82) is 0 Å². The Bertz CT molecular complexity index is 1070. The molecule has 1 heterocycles. The van der Waals surface area contributed by atoms with E-state index in [1.807, 2.05) is 40.1 Å². The summed E-state index contributed by atoms with van der Waals surface area (Å²) in [4.78, 5) is 4.18. The second-order valence-corrected chi connectivity index (χ2v) is 8.95. The average molecular weight is 475 g/mol. The molecule has 1 N–H and O–H groups in total. The first-order valence-electron chi connectivity index (χ1n) is 10.8. The normalized spacial score (nSPS) is 14.2. The van der Waals surface area contributed by atoms with Gasteiger partial charge in [-0.25, -0.2) is 9.82 Å². The number of halogens is 2. The van der Waals surface area contributed by atoms with E-state index in [0.29, 0.717) is 42.1 Å². The number of nitrogens with one attached hydrogen (secondary N) is 1. The molecule has 0 fully saturated rings. The van der Waals surface area contributed by atoms with Gasteiger partial charge in [-0.05, 0) is 80.4 Å². The quantitative estimate of drug-likeness (QED) is 0.524. The Balaban J connectivity index is 1.90. The fourth-order valence-electron chi connectivity index (χ4n) is 4.08. The summed E-state index contributed by atoms with van der Waals surface area (Å²) in [5.74, 6) is 0.581. The highest BCUT2D eigenvalue weighted by atomic mass is 35.5. The molecule has 8 heteroatoms. The largest absolute Gasteiger partial charge is 0.423 e. The van der Waals surface area contributed by atoms with Crippen molar-refractivity contribution in [3.8, 4) is 0 Å². The zero-order valence-electron chi connectivity index (χ0n) is 20.1. The Labute approximate surface area is 200 Å². The lowest BCUT2D eigenvalue weighted by molar-refractivity contribution is 0.184. The summed E-state index contributed by atoms with van der Waals surface area (Å²) < 4.78 is 25.8. The molecule has 2 aromatic rings. The molecule has 0 spiro atoms. The summed E-state index contributed by atoms with van der Waals surface area (Å²) in [5, 5.41) is 4.94. The third-order valence-electron chi connectivity index (χ3n) is 6.14. The van der Waals surface area contributed by atoms with Crippen LogP contribution in [0, 0.1) is 26.6 Å². The van der Waals surface area contributed by atoms with Crippen molar-refractivity contribution in [2.24, 2.45) is 5.10 Å². The van der Waals surface area contributed by atoms with Gasteiger partial charge in [-0.3, -0.25) is 4.90 Å². The summed E-state index contributed by atoms with van der Waals surface area (Å²) in [7, 11) is 5.63. The summed E-state index contributed by atoms with van der Waals surface area (Å²) >= 11 is 6.38. The minimum atomic E-state index is -0.313. The van der Waals surface area contributed by atoms with Crippen molar-refractivity contribution in [3.05, 3.63) is 75.4 Å². The highest BCUT2D eigenvalue weighted by Crippen LogP contribution is 2.29. The summed E-state index contributed by atoms with van der Waals surface area (Å²) in [6, 6.07) is 6.87. The number of nitrogens with zero attached hydrogens (tertiary/aromatic N) is 3. The maximum Gasteiger partial charge on any atom is 0.231 e. The predicted molar refractivity (Wildman–Crippen MR) is 132 cm³/mol. The van der Waals surface area contributed by atoms with Gasteiger partial charge in [0.05, 0.1) is 19.3 Å². The molecule has 0 unspecified atom stereocenters. The highest BCUT2D eigenvalue weighted by molar-refractivity contribution is 6.31. The molecule has 1 aliphatic rings. The van der Waals surface area contributed by atoms with E-state index in [1.165, 1.54) is 6.07 Å². The molecule has 0 saturated carbocycles. The first-order valence-corrected chi connectivity index (χ1v) is 11.1. The van der Waals surface area contributed by atoms with E-state index in [1.54, 1.807) is 13.2 Å². The minimum absolute atomic E-state index is 0.231. The number of likely N-dealkylation sites (N-methyl/N-ethyl adjacent to an activating group) is 1. The third-order valence-corrected chi connectivity index (χ3v) is 6.36. The molecular weight excluding hydrogens is 443 g/mol. The van der Waals surface area contributed by atoms with Crippen LogP contribution in [0.25, 0.3) is 0 Å². The molecule has 0 aromatic heterocycles. The molecule has 178 valence electrons. The molecule has 1 aliphatic heterocycles. The molecule has 0 aliphatic carbocycles. The second-order valence-electron chi connectivity index (χ2n) is 8.51. The standard InChI is InChI=1S/C25H32ClFN4O2/c1-15-8-9-22(27)21(16(15)2)12-24(25-29-28-18(4)33-25)31(6)14-30(5)23-11-20(26)10-19(13-32-7)17(23)3/h8-11,24,28H,4,12-14H2,1-3,5-7H3/t24-/m0/s1. The zero-order chi connectivity index (χ0) is 24.3. The van der Waals surface area contributed by atoms with E-state index in [9.17, 15) is 4.39 Å². The molecule has 0 radical (unpaired) electrons. The average Bonchev–Trinajstić information content (AvgIpc) is 3.19. The lowest BCUT2D eigenvalue weighted by Gasteiger charge is -2.33. The van der Waals surface area contributed by atoms with Gasteiger partial charge in [-0.15, -0.1) is 5.10 Å². The molecule has 0 saturated heterocycles. The molecular formula is C25H32ClFN4O2. The van der Waals surface area contributed by atoms with Crippen LogP contribution in [0.2, 0.25) is 5.02 Å². The number of hydrazone groups is 1. The molecule has 0 bridgehead atoms. The molecule has 33 heavy (non-hydrogen) atoms. The number of methoxy groups -OCH3 is 1. The van der Waals surface area contributed by atoms with Gasteiger partial charge >= 0.3 is 0 Å². The van der Waals surface area contributed by atoms with E-state index < -0.39 is 0 Å². The lowest BCUT2D eigenvalue weighted by atomic mass is 9.96. The first kappa shape index (κ1) is 25.0. The smallest absolute Gasteiger partial charge is 0.231 e. The summed E-state index contributed by atoms with van der Waals surface area (Å²) in [5.41, 5.74) is 8.51. The molecule has 0 amide bonds. The van der Waals surface area contributed by atoms with Crippen molar-refractivity contribution in [3.63, 3.8) is 0 Å². The Morgan fingerprint density at radius 1 is 1.21 bits per heavy atom. The fraction of sp³-hybridized carbons (Fsp3) is 0.400. The van der Waals surface area contributed by atoms with Crippen molar-refractivity contribution in [1.82, 2.24) is 10.3 Å². The zero-order valence-corrected chi connectivity index (χ0v) is 20.9. The Morgan fingerprint density at radius 2 is 1.94 bits per heavy atom. The van der Waals surface area contributed by atoms with Crippen LogP contribution in [0.4, 0.5) is 10.1 Å². The maximum atomic E-state index is 14.8. The topological polar surface area (TPSA) is 49.3 Å². The van der Waals surface area contributed by atoms with Crippen molar-refractivity contribution in [2.45, 2.75) is 39.8 Å². The molecule has 3 rings (SSSR count). The number of benzene rings is 2. The maximum absolute atomic E-state index is 14.8. The number of aryl methyl sites for hydroxylation is 1.